The van der Waals surface area contributed by atoms with Gasteiger partial charge in [-0.3, -0.25) is 9.59 Å². The molecule has 0 aliphatic rings. The molecule has 0 aliphatic heterocycles. The summed E-state index contributed by atoms with van der Waals surface area (Å²) in [7, 11) is -3.29. The number of hydrogen-bond acceptors (Lipinski definition) is 5. The van der Waals surface area contributed by atoms with Gasteiger partial charge in [-0.15, -0.1) is 0 Å². The van der Waals surface area contributed by atoms with E-state index < -0.39 is 15.9 Å². The summed E-state index contributed by atoms with van der Waals surface area (Å²) >= 11 is 0. The Morgan fingerprint density at radius 1 is 1.24 bits per heavy atom. The molecule has 0 saturated heterocycles. The van der Waals surface area contributed by atoms with E-state index in [1.807, 2.05) is 0 Å². The summed E-state index contributed by atoms with van der Waals surface area (Å²) in [5.74, 6) is -0.488. The van der Waals surface area contributed by atoms with E-state index in [1.165, 1.54) is 0 Å². The third kappa shape index (κ3) is 3.86. The second-order valence-corrected chi connectivity index (χ2v) is 6.20. The summed E-state index contributed by atoms with van der Waals surface area (Å²) in [6, 6.07) is 6.61. The van der Waals surface area contributed by atoms with Gasteiger partial charge in [-0.1, -0.05) is 18.2 Å². The van der Waals surface area contributed by atoms with Crippen molar-refractivity contribution >= 4 is 26.7 Å². The van der Waals surface area contributed by atoms with Crippen molar-refractivity contribution in [2.45, 2.75) is 0 Å². The van der Waals surface area contributed by atoms with E-state index in [0.29, 0.717) is 10.8 Å². The Balaban J connectivity index is 2.14. The molecular weight excluding hydrogens is 296 g/mol. The highest BCUT2D eigenvalue weighted by Gasteiger charge is 2.13. The predicted molar refractivity (Wildman–Crippen MR) is 77.5 cm³/mol. The monoisotopic (exact) mass is 310 g/mol. The quantitative estimate of drug-likeness (QED) is 0.624. The largest absolute Gasteiger partial charge is 0.349 e. The number of amides is 1. The van der Waals surface area contributed by atoms with Crippen LogP contribution in [-0.2, 0) is 10.0 Å². The highest BCUT2D eigenvalue weighted by Crippen LogP contribution is 2.11. The molecular formula is C12H14N4O4S. The molecule has 2 rings (SSSR count). The number of nitrogens with zero attached hydrogens (tertiary/aromatic N) is 1. The first-order valence-corrected chi connectivity index (χ1v) is 7.98. The Hall–Kier alpha value is -2.26. The molecule has 3 N–H and O–H groups in total. The molecule has 9 heteroatoms. The molecule has 0 saturated carbocycles. The molecule has 0 aliphatic carbocycles. The molecule has 1 aromatic heterocycles. The number of aromatic nitrogens is 2. The van der Waals surface area contributed by atoms with Gasteiger partial charge in [0, 0.05) is 18.5 Å². The first-order valence-electron chi connectivity index (χ1n) is 6.09. The lowest BCUT2D eigenvalue weighted by atomic mass is 10.1. The summed E-state index contributed by atoms with van der Waals surface area (Å²) in [4.78, 5) is 23.6. The molecule has 1 heterocycles. The normalized spacial score (nSPS) is 11.5. The molecule has 0 bridgehead atoms. The summed E-state index contributed by atoms with van der Waals surface area (Å²) in [6.45, 7) is 0.187. The van der Waals surface area contributed by atoms with Crippen molar-refractivity contribution < 1.29 is 13.2 Å². The average Bonchev–Trinajstić information content (AvgIpc) is 2.43. The Labute approximate surface area is 120 Å². The van der Waals surface area contributed by atoms with E-state index >= 15 is 0 Å². The lowest BCUT2D eigenvalue weighted by Crippen LogP contribution is -2.35. The van der Waals surface area contributed by atoms with Gasteiger partial charge in [-0.2, -0.15) is 5.10 Å². The molecule has 1 aromatic carbocycles. The second-order valence-electron chi connectivity index (χ2n) is 4.37. The topological polar surface area (TPSA) is 121 Å². The van der Waals surface area contributed by atoms with Crippen molar-refractivity contribution in [2.75, 3.05) is 19.3 Å². The van der Waals surface area contributed by atoms with Gasteiger partial charge in [0.15, 0.2) is 5.69 Å². The number of benzene rings is 1. The molecule has 2 aromatic rings. The molecule has 21 heavy (non-hydrogen) atoms. The Morgan fingerprint density at radius 3 is 2.57 bits per heavy atom. The van der Waals surface area contributed by atoms with Crippen molar-refractivity contribution in [3.63, 3.8) is 0 Å². The Morgan fingerprint density at radius 2 is 1.90 bits per heavy atom. The fourth-order valence-corrected chi connectivity index (χ4v) is 2.26. The molecule has 8 nitrogen and oxygen atoms in total. The van der Waals surface area contributed by atoms with Crippen LogP contribution in [0, 0.1) is 0 Å². The standard InChI is InChI=1S/C12H14N4O4S/c1-21(19,20)14-7-6-13-12(18)10-8-4-2-3-5-9(8)11(17)16-15-10/h2-5,14H,6-7H2,1H3,(H,13,18)(H,16,17). The number of nitrogens with one attached hydrogen (secondary N) is 3. The zero-order valence-corrected chi connectivity index (χ0v) is 12.0. The molecule has 0 spiro atoms. The number of sulfonamides is 1. The molecule has 0 unspecified atom stereocenters. The zero-order chi connectivity index (χ0) is 15.5. The zero-order valence-electron chi connectivity index (χ0n) is 11.2. The van der Waals surface area contributed by atoms with Gasteiger partial charge in [-0.05, 0) is 6.07 Å². The molecule has 0 radical (unpaired) electrons. The smallest absolute Gasteiger partial charge is 0.272 e. The van der Waals surface area contributed by atoms with E-state index in [9.17, 15) is 18.0 Å². The van der Waals surface area contributed by atoms with Crippen molar-refractivity contribution in [3.8, 4) is 0 Å². The van der Waals surface area contributed by atoms with Crippen molar-refractivity contribution in [2.24, 2.45) is 0 Å². The van der Waals surface area contributed by atoms with Crippen LogP contribution in [0.1, 0.15) is 10.5 Å². The Bertz CT molecular complexity index is 829. The van der Waals surface area contributed by atoms with Gasteiger partial charge < -0.3 is 5.32 Å². The summed E-state index contributed by atoms with van der Waals surface area (Å²) < 4.78 is 24.0. The maximum atomic E-state index is 12.0. The first-order chi connectivity index (χ1) is 9.88. The number of rotatable bonds is 5. The molecule has 0 fully saturated rings. The number of H-pyrrole nitrogens is 1. The maximum Gasteiger partial charge on any atom is 0.272 e. The third-order valence-electron chi connectivity index (χ3n) is 2.69. The van der Waals surface area contributed by atoms with E-state index in [-0.39, 0.29) is 24.3 Å². The van der Waals surface area contributed by atoms with Gasteiger partial charge >= 0.3 is 0 Å². The van der Waals surface area contributed by atoms with Crippen LogP contribution < -0.4 is 15.6 Å². The molecule has 112 valence electrons. The highest BCUT2D eigenvalue weighted by atomic mass is 32.2. The molecule has 1 amide bonds. The van der Waals surface area contributed by atoms with Crippen LogP contribution in [0.2, 0.25) is 0 Å². The average molecular weight is 310 g/mol. The fourth-order valence-electron chi connectivity index (χ4n) is 1.78. The number of carbonyl (C=O) groups is 1. The van der Waals surface area contributed by atoms with Crippen LogP contribution in [0.15, 0.2) is 29.1 Å². The lowest BCUT2D eigenvalue weighted by Gasteiger charge is -2.07. The minimum absolute atomic E-state index is 0.0753. The first kappa shape index (κ1) is 15.1. The number of hydrogen-bond donors (Lipinski definition) is 3. The Kier molecular flexibility index (Phi) is 4.34. The second kappa shape index (κ2) is 6.02. The van der Waals surface area contributed by atoms with Crippen LogP contribution in [0.4, 0.5) is 0 Å². The van der Waals surface area contributed by atoms with Crippen LogP contribution in [0.25, 0.3) is 10.8 Å². The van der Waals surface area contributed by atoms with Crippen molar-refractivity contribution in [1.82, 2.24) is 20.2 Å². The number of aromatic amines is 1. The van der Waals surface area contributed by atoms with Gasteiger partial charge in [0.25, 0.3) is 11.5 Å². The SMILES string of the molecule is CS(=O)(=O)NCCNC(=O)c1n[nH]c(=O)c2ccccc12. The van der Waals surface area contributed by atoms with E-state index in [0.717, 1.165) is 6.26 Å². The van der Waals surface area contributed by atoms with E-state index in [2.05, 4.69) is 20.2 Å². The van der Waals surface area contributed by atoms with Crippen LogP contribution in [-0.4, -0.2) is 43.9 Å². The van der Waals surface area contributed by atoms with Crippen molar-refractivity contribution in [3.05, 3.63) is 40.3 Å². The predicted octanol–water partition coefficient (Wildman–Crippen LogP) is -0.798. The molecule has 0 atom stereocenters. The summed E-state index contributed by atoms with van der Waals surface area (Å²) in [5, 5.41) is 9.35. The van der Waals surface area contributed by atoms with Crippen molar-refractivity contribution in [1.29, 1.82) is 0 Å². The minimum atomic E-state index is -3.29. The van der Waals surface area contributed by atoms with Gasteiger partial charge in [0.2, 0.25) is 10.0 Å². The summed E-state index contributed by atoms with van der Waals surface area (Å²) in [5.41, 5.74) is -0.287. The van der Waals surface area contributed by atoms with Crippen LogP contribution >= 0.6 is 0 Å². The van der Waals surface area contributed by atoms with Gasteiger partial charge in [-0.25, -0.2) is 18.2 Å². The summed E-state index contributed by atoms with van der Waals surface area (Å²) in [6.07, 6.45) is 1.03. The lowest BCUT2D eigenvalue weighted by molar-refractivity contribution is 0.0950. The van der Waals surface area contributed by atoms with E-state index in [1.54, 1.807) is 24.3 Å². The number of fused-ring (bicyclic) bond motifs is 1. The highest BCUT2D eigenvalue weighted by molar-refractivity contribution is 7.88. The fraction of sp³-hybridized carbons (Fsp3) is 0.250. The van der Waals surface area contributed by atoms with Crippen LogP contribution in [0.5, 0.6) is 0 Å². The van der Waals surface area contributed by atoms with Gasteiger partial charge in [0.1, 0.15) is 0 Å². The minimum Gasteiger partial charge on any atom is -0.349 e. The number of carbonyl (C=O) groups excluding carboxylic acids is 1. The maximum absolute atomic E-state index is 12.0. The van der Waals surface area contributed by atoms with Crippen LogP contribution in [0.3, 0.4) is 0 Å². The van der Waals surface area contributed by atoms with E-state index in [4.69, 9.17) is 0 Å². The van der Waals surface area contributed by atoms with Gasteiger partial charge in [0.05, 0.1) is 11.6 Å². The third-order valence-corrected chi connectivity index (χ3v) is 3.41.